The first-order valence-corrected chi connectivity index (χ1v) is 11.0. The van der Waals surface area contributed by atoms with E-state index in [0.29, 0.717) is 5.02 Å². The van der Waals surface area contributed by atoms with Gasteiger partial charge in [-0.1, -0.05) is 29.8 Å². The van der Waals surface area contributed by atoms with Crippen molar-refractivity contribution in [2.45, 2.75) is 19.1 Å². The van der Waals surface area contributed by atoms with E-state index in [2.05, 4.69) is 9.72 Å². The molecule has 1 atom stereocenters. The number of hydrogen-bond donors (Lipinski definition) is 1. The highest BCUT2D eigenvalue weighted by molar-refractivity contribution is 6.30. The summed E-state index contributed by atoms with van der Waals surface area (Å²) in [6.45, 7) is 0.455. The number of amides is 2. The van der Waals surface area contributed by atoms with Crippen LogP contribution in [0.15, 0.2) is 48.5 Å². The number of fused-ring (bicyclic) bond motifs is 1. The highest BCUT2D eigenvalue weighted by Crippen LogP contribution is 2.39. The maximum atomic E-state index is 12.9. The molecule has 2 aromatic carbocycles. The molecule has 13 heteroatoms. The lowest BCUT2D eigenvalue weighted by Gasteiger charge is -2.36. The Balaban J connectivity index is 1.76. The molecule has 9 nitrogen and oxygen atoms in total. The summed E-state index contributed by atoms with van der Waals surface area (Å²) < 4.78 is 54.4. The lowest BCUT2D eigenvalue weighted by atomic mass is 10.2. The maximum Gasteiger partial charge on any atom is 0.573 e. The number of methoxy groups -OCH3 is 1. The number of hydrogen-bond acceptors (Lipinski definition) is 6. The van der Waals surface area contributed by atoms with Crippen LogP contribution in [0.2, 0.25) is 5.02 Å². The van der Waals surface area contributed by atoms with Crippen molar-refractivity contribution in [3.63, 3.8) is 0 Å². The van der Waals surface area contributed by atoms with Gasteiger partial charge in [0.15, 0.2) is 12.0 Å². The molecule has 36 heavy (non-hydrogen) atoms. The molecule has 0 spiro atoms. The van der Waals surface area contributed by atoms with Crippen LogP contribution in [0.5, 0.6) is 17.5 Å². The smallest absolute Gasteiger partial charge is 0.425 e. The molecule has 1 aromatic heterocycles. The van der Waals surface area contributed by atoms with Crippen LogP contribution in [-0.4, -0.2) is 59.3 Å². The van der Waals surface area contributed by atoms with E-state index in [1.807, 2.05) is 0 Å². The normalized spacial score (nSPS) is 15.8. The molecule has 192 valence electrons. The molecule has 2 amide bonds. The number of alkyl halides is 3. The summed E-state index contributed by atoms with van der Waals surface area (Å²) in [7, 11) is 2.97. The number of carbonyl (C=O) groups excluding carboxylic acids is 1. The number of anilines is 1. The Labute approximate surface area is 209 Å². The molecule has 4 rings (SSSR count). The van der Waals surface area contributed by atoms with E-state index in [0.717, 1.165) is 17.7 Å². The van der Waals surface area contributed by atoms with Gasteiger partial charge in [0.1, 0.15) is 17.2 Å². The highest BCUT2D eigenvalue weighted by Gasteiger charge is 2.40. The molecule has 2 heterocycles. The maximum absolute atomic E-state index is 12.9. The van der Waals surface area contributed by atoms with Gasteiger partial charge in [-0.25, -0.2) is 4.79 Å². The summed E-state index contributed by atoms with van der Waals surface area (Å²) in [6, 6.07) is 11.3. The molecular formula is C23H22ClF3N4O5. The number of imidazole rings is 1. The van der Waals surface area contributed by atoms with Crippen molar-refractivity contribution >= 4 is 23.4 Å². The van der Waals surface area contributed by atoms with E-state index in [1.165, 1.54) is 36.1 Å². The molecule has 0 fully saturated rings. The number of aliphatic hydroxyl groups is 1. The van der Waals surface area contributed by atoms with Crippen LogP contribution in [0.1, 0.15) is 17.5 Å². The van der Waals surface area contributed by atoms with Crippen molar-refractivity contribution in [1.82, 2.24) is 14.5 Å². The highest BCUT2D eigenvalue weighted by atomic mass is 35.5. The zero-order valence-corrected chi connectivity index (χ0v) is 20.0. The van der Waals surface area contributed by atoms with Gasteiger partial charge < -0.3 is 19.3 Å². The van der Waals surface area contributed by atoms with Crippen LogP contribution in [-0.2, 0) is 11.3 Å². The summed E-state index contributed by atoms with van der Waals surface area (Å²) in [6.07, 6.45) is -6.25. The van der Waals surface area contributed by atoms with Crippen LogP contribution in [0.4, 0.5) is 23.8 Å². The van der Waals surface area contributed by atoms with Gasteiger partial charge in [0.2, 0.25) is 0 Å². The van der Waals surface area contributed by atoms with Gasteiger partial charge in [-0.2, -0.15) is 4.98 Å². The van der Waals surface area contributed by atoms with Gasteiger partial charge in [0.25, 0.3) is 0 Å². The van der Waals surface area contributed by atoms with E-state index >= 15 is 0 Å². The average Bonchev–Trinajstić information content (AvgIpc) is 3.16. The molecule has 0 aliphatic carbocycles. The topological polar surface area (TPSA) is 89.3 Å². The van der Waals surface area contributed by atoms with E-state index in [9.17, 15) is 23.1 Å². The van der Waals surface area contributed by atoms with Crippen molar-refractivity contribution in [3.8, 4) is 17.5 Å². The minimum atomic E-state index is -4.87. The first kappa shape index (κ1) is 25.6. The number of urea groups is 1. The molecule has 3 aromatic rings. The molecule has 0 saturated heterocycles. The molecule has 1 aliphatic rings. The van der Waals surface area contributed by atoms with Crippen LogP contribution >= 0.6 is 11.6 Å². The Bertz CT molecular complexity index is 1240. The van der Waals surface area contributed by atoms with Crippen LogP contribution in [0.3, 0.4) is 0 Å². The largest absolute Gasteiger partial charge is 0.573 e. The second-order valence-electron chi connectivity index (χ2n) is 7.84. The Kier molecular flexibility index (Phi) is 7.29. The zero-order valence-electron chi connectivity index (χ0n) is 19.2. The number of aromatic nitrogens is 2. The minimum Gasteiger partial charge on any atom is -0.425 e. The van der Waals surface area contributed by atoms with Gasteiger partial charge in [0, 0.05) is 31.8 Å². The van der Waals surface area contributed by atoms with Crippen molar-refractivity contribution in [2.24, 2.45) is 0 Å². The summed E-state index contributed by atoms with van der Waals surface area (Å²) in [4.78, 5) is 19.7. The van der Waals surface area contributed by atoms with Crippen molar-refractivity contribution in [2.75, 3.05) is 32.2 Å². The third-order valence-corrected chi connectivity index (χ3v) is 5.63. The Morgan fingerprint density at radius 2 is 1.83 bits per heavy atom. The number of rotatable bonds is 8. The van der Waals surface area contributed by atoms with Gasteiger partial charge in [-0.05, 0) is 29.8 Å². The second kappa shape index (κ2) is 10.2. The quantitative estimate of drug-likeness (QED) is 0.454. The molecule has 0 bridgehead atoms. The number of benzene rings is 2. The molecule has 1 aliphatic heterocycles. The Hall–Kier alpha value is -3.48. The number of nitrogens with zero attached hydrogens (tertiary/aromatic N) is 4. The average molecular weight is 527 g/mol. The summed E-state index contributed by atoms with van der Waals surface area (Å²) in [5.41, 5.74) is 1.04. The van der Waals surface area contributed by atoms with Crippen LogP contribution < -0.4 is 14.4 Å². The van der Waals surface area contributed by atoms with Gasteiger partial charge in [-0.3, -0.25) is 14.4 Å². The molecular weight excluding hydrogens is 505 g/mol. The predicted molar refractivity (Wildman–Crippen MR) is 123 cm³/mol. The first-order chi connectivity index (χ1) is 17.1. The van der Waals surface area contributed by atoms with E-state index < -0.39 is 24.4 Å². The van der Waals surface area contributed by atoms with E-state index in [4.69, 9.17) is 21.1 Å². The third kappa shape index (κ3) is 5.50. The van der Waals surface area contributed by atoms with Gasteiger partial charge in [0.05, 0.1) is 13.2 Å². The van der Waals surface area contributed by atoms with Gasteiger partial charge >= 0.3 is 18.4 Å². The van der Waals surface area contributed by atoms with Crippen molar-refractivity contribution < 1.29 is 37.3 Å². The van der Waals surface area contributed by atoms with E-state index in [1.54, 1.807) is 28.8 Å². The third-order valence-electron chi connectivity index (χ3n) is 5.38. The van der Waals surface area contributed by atoms with Crippen LogP contribution in [0, 0.1) is 0 Å². The lowest BCUT2D eigenvalue weighted by Crippen LogP contribution is -2.49. The minimum absolute atomic E-state index is 0.0103. The molecule has 1 unspecified atom stereocenters. The van der Waals surface area contributed by atoms with E-state index in [-0.39, 0.29) is 43.0 Å². The number of aliphatic hydroxyl groups excluding tert-OH is 1. The second-order valence-corrected chi connectivity index (χ2v) is 8.28. The zero-order chi connectivity index (χ0) is 26.0. The van der Waals surface area contributed by atoms with Gasteiger partial charge in [-0.15, -0.1) is 13.2 Å². The SMILES string of the molecule is COCCN1C(=O)N(C)c2nc(Oc3cccc(OC(F)(F)F)c3)n(Cc3ccc(Cl)cc3)c2C1O. The lowest BCUT2D eigenvalue weighted by molar-refractivity contribution is -0.274. The Morgan fingerprint density at radius 3 is 2.50 bits per heavy atom. The molecule has 0 radical (unpaired) electrons. The van der Waals surface area contributed by atoms with Crippen molar-refractivity contribution in [3.05, 3.63) is 64.8 Å². The summed E-state index contributed by atoms with van der Waals surface area (Å²) in [5, 5.41) is 11.7. The summed E-state index contributed by atoms with van der Waals surface area (Å²) in [5.74, 6) is -0.317. The number of halogens is 4. The van der Waals surface area contributed by atoms with Crippen molar-refractivity contribution in [1.29, 1.82) is 0 Å². The summed E-state index contributed by atoms with van der Waals surface area (Å²) >= 11 is 6.00. The fourth-order valence-electron chi connectivity index (χ4n) is 3.72. The monoisotopic (exact) mass is 526 g/mol. The fraction of sp³-hybridized carbons (Fsp3) is 0.304. The van der Waals surface area contributed by atoms with Crippen LogP contribution in [0.25, 0.3) is 0 Å². The number of carbonyl (C=O) groups is 1. The number of ether oxygens (including phenoxy) is 3. The molecule has 1 N–H and O–H groups in total. The standard InChI is InChI=1S/C23H22ClF3N4O5/c1-29-19-18(20(32)30(22(29)33)10-11-34-2)31(13-14-6-8-15(24)9-7-14)21(28-19)35-16-4-3-5-17(12-16)36-23(25,26)27/h3-9,12,20,32H,10-11,13H2,1-2H3. The predicted octanol–water partition coefficient (Wildman–Crippen LogP) is 4.78. The fourth-order valence-corrected chi connectivity index (χ4v) is 3.85. The Morgan fingerprint density at radius 1 is 1.14 bits per heavy atom. The first-order valence-electron chi connectivity index (χ1n) is 10.7. The molecule has 0 saturated carbocycles.